The smallest absolute Gasteiger partial charge is 0.317 e. The number of hydrogen-bond acceptors (Lipinski definition) is 4. The van der Waals surface area contributed by atoms with Crippen LogP contribution in [-0.4, -0.2) is 26.9 Å². The van der Waals surface area contributed by atoms with E-state index in [1.54, 1.807) is 0 Å². The van der Waals surface area contributed by atoms with Gasteiger partial charge in [0.2, 0.25) is 0 Å². The molecule has 1 heterocycles. The molecule has 0 saturated heterocycles. The maximum absolute atomic E-state index is 9.04. The van der Waals surface area contributed by atoms with Crippen LogP contribution in [0.1, 0.15) is 0 Å². The van der Waals surface area contributed by atoms with Crippen molar-refractivity contribution in [3.8, 4) is 0 Å². The minimum absolute atomic E-state index is 0.0615. The molecule has 0 aliphatic carbocycles. The molecule has 0 amide bonds. The van der Waals surface area contributed by atoms with Crippen molar-refractivity contribution in [1.82, 2.24) is 4.53 Å². The highest BCUT2D eigenvalue weighted by Gasteiger charge is 2.39. The van der Waals surface area contributed by atoms with Crippen LogP contribution < -0.4 is 0 Å². The number of allylic oxidation sites excluding steroid dienone is 1. The summed E-state index contributed by atoms with van der Waals surface area (Å²) in [5, 5.41) is 21.0. The molecule has 0 bridgehead atoms. The average Bonchev–Trinajstić information content (AvgIpc) is 1.95. The fraction of sp³-hybridized carbons (Fsp3) is 0.250. The topological polar surface area (TPSA) is 56.1 Å². The maximum atomic E-state index is 9.04. The van der Waals surface area contributed by atoms with Crippen molar-refractivity contribution in [2.45, 2.75) is 5.91 Å². The van der Waals surface area contributed by atoms with Gasteiger partial charge in [-0.15, -0.1) is 4.53 Å². The molecule has 2 N–H and O–H groups in total. The van der Waals surface area contributed by atoms with E-state index in [1.165, 1.54) is 0 Å². The van der Waals surface area contributed by atoms with Crippen molar-refractivity contribution in [1.29, 1.82) is 0 Å². The highest BCUT2D eigenvalue weighted by molar-refractivity contribution is 6.46. The minimum atomic E-state index is -2.52. The number of halogens is 3. The van der Waals surface area contributed by atoms with Gasteiger partial charge in [0.25, 0.3) is 0 Å². The largest absolute Gasteiger partial charge is 0.342 e. The van der Waals surface area contributed by atoms with Crippen LogP contribution in [0.2, 0.25) is 0 Å². The zero-order valence-electron chi connectivity index (χ0n) is 5.00. The first-order chi connectivity index (χ1) is 4.96. The van der Waals surface area contributed by atoms with Crippen LogP contribution >= 0.6 is 35.0 Å². The second kappa shape index (κ2) is 2.80. The van der Waals surface area contributed by atoms with E-state index in [2.05, 4.69) is 5.10 Å². The second-order valence-corrected chi connectivity index (χ2v) is 2.91. The van der Waals surface area contributed by atoms with E-state index < -0.39 is 5.91 Å². The fourth-order valence-electron chi connectivity index (χ4n) is 0.480. The molecular formula is C4H3Cl3N2O2. The Morgan fingerprint density at radius 3 is 2.45 bits per heavy atom. The summed E-state index contributed by atoms with van der Waals surface area (Å²) in [6.45, 7) is 0. The molecule has 0 fully saturated rings. The number of aliphatic hydroxyl groups is 2. The monoisotopic (exact) mass is 216 g/mol. The lowest BCUT2D eigenvalue weighted by molar-refractivity contribution is -0.198. The molecule has 0 saturated carbocycles. The van der Waals surface area contributed by atoms with Crippen LogP contribution in [0, 0.1) is 0 Å². The van der Waals surface area contributed by atoms with Gasteiger partial charge in [-0.05, 0) is 0 Å². The molecule has 7 heteroatoms. The molecule has 0 radical (unpaired) electrons. The third-order valence-electron chi connectivity index (χ3n) is 1.03. The summed E-state index contributed by atoms with van der Waals surface area (Å²) in [6.07, 6.45) is 1.10. The lowest BCUT2D eigenvalue weighted by Gasteiger charge is -2.28. The first-order valence-electron chi connectivity index (χ1n) is 2.46. The van der Waals surface area contributed by atoms with Crippen LogP contribution in [0.5, 0.6) is 0 Å². The van der Waals surface area contributed by atoms with Gasteiger partial charge in [-0.2, -0.15) is 5.10 Å². The molecule has 11 heavy (non-hydrogen) atoms. The lowest BCUT2D eigenvalue weighted by Crippen LogP contribution is -2.43. The number of hydrogen-bond donors (Lipinski definition) is 2. The Morgan fingerprint density at radius 1 is 1.45 bits per heavy atom. The summed E-state index contributed by atoms with van der Waals surface area (Å²) in [5.41, 5.74) is 0. The number of hydrazone groups is 1. The predicted molar refractivity (Wildman–Crippen MR) is 42.1 cm³/mol. The normalized spacial score (nSPS) is 22.8. The standard InChI is InChI=1S/C4H3Cl3N2O2/c5-2-1-8-9(7)4(10,11)3(2)6/h1,10-11H. The molecule has 0 unspecified atom stereocenters. The zero-order chi connectivity index (χ0) is 8.65. The van der Waals surface area contributed by atoms with Crippen molar-refractivity contribution < 1.29 is 10.2 Å². The zero-order valence-corrected chi connectivity index (χ0v) is 7.27. The van der Waals surface area contributed by atoms with Crippen molar-refractivity contribution in [2.75, 3.05) is 0 Å². The maximum Gasteiger partial charge on any atom is 0.317 e. The Bertz CT molecular complexity index is 237. The van der Waals surface area contributed by atoms with Gasteiger partial charge < -0.3 is 10.2 Å². The highest BCUT2D eigenvalue weighted by Crippen LogP contribution is 2.31. The molecule has 0 atom stereocenters. The molecule has 0 spiro atoms. The minimum Gasteiger partial charge on any atom is -0.342 e. The molecule has 4 nitrogen and oxygen atoms in total. The van der Waals surface area contributed by atoms with Crippen LogP contribution in [0.15, 0.2) is 15.2 Å². The van der Waals surface area contributed by atoms with E-state index in [9.17, 15) is 0 Å². The summed E-state index contributed by atoms with van der Waals surface area (Å²) in [7, 11) is 0. The number of rotatable bonds is 0. The lowest BCUT2D eigenvalue weighted by atomic mass is 10.4. The predicted octanol–water partition coefficient (Wildman–Crippen LogP) is 0.769. The summed E-state index contributed by atoms with van der Waals surface area (Å²) < 4.78 is 0.362. The first-order valence-corrected chi connectivity index (χ1v) is 3.56. The summed E-state index contributed by atoms with van der Waals surface area (Å²) >= 11 is 16.0. The quantitative estimate of drug-likeness (QED) is 0.465. The van der Waals surface area contributed by atoms with E-state index >= 15 is 0 Å². The van der Waals surface area contributed by atoms with Gasteiger partial charge in [-0.25, -0.2) is 0 Å². The van der Waals surface area contributed by atoms with Crippen molar-refractivity contribution in [3.63, 3.8) is 0 Å². The van der Waals surface area contributed by atoms with Gasteiger partial charge in [0.1, 0.15) is 5.03 Å². The summed E-state index contributed by atoms with van der Waals surface area (Å²) in [5.74, 6) is -2.52. The van der Waals surface area contributed by atoms with Crippen LogP contribution in [-0.2, 0) is 0 Å². The number of nitrogens with zero attached hydrogens (tertiary/aromatic N) is 2. The molecule has 0 aromatic heterocycles. The third kappa shape index (κ3) is 1.45. The van der Waals surface area contributed by atoms with E-state index in [1.807, 2.05) is 0 Å². The van der Waals surface area contributed by atoms with E-state index in [-0.39, 0.29) is 10.1 Å². The Kier molecular flexibility index (Phi) is 2.32. The average molecular weight is 217 g/mol. The fourth-order valence-corrected chi connectivity index (χ4v) is 0.950. The molecule has 62 valence electrons. The Morgan fingerprint density at radius 2 is 2.00 bits per heavy atom. The Balaban J connectivity index is 3.07. The van der Waals surface area contributed by atoms with Gasteiger partial charge in [-0.1, -0.05) is 23.2 Å². The van der Waals surface area contributed by atoms with Crippen molar-refractivity contribution in [2.24, 2.45) is 5.10 Å². The third-order valence-corrected chi connectivity index (χ3v) is 2.20. The SMILES string of the molecule is OC1(O)C(Cl)=C(Cl)C=NN1Cl. The Labute approximate surface area is 77.4 Å². The van der Waals surface area contributed by atoms with Crippen LogP contribution in [0.25, 0.3) is 0 Å². The van der Waals surface area contributed by atoms with Gasteiger partial charge >= 0.3 is 5.91 Å². The van der Waals surface area contributed by atoms with E-state index in [0.29, 0.717) is 4.53 Å². The van der Waals surface area contributed by atoms with Crippen LogP contribution in [0.4, 0.5) is 0 Å². The van der Waals surface area contributed by atoms with E-state index in [0.717, 1.165) is 6.21 Å². The molecule has 0 aromatic rings. The van der Waals surface area contributed by atoms with Crippen LogP contribution in [0.3, 0.4) is 0 Å². The molecule has 0 aromatic carbocycles. The van der Waals surface area contributed by atoms with E-state index in [4.69, 9.17) is 45.2 Å². The van der Waals surface area contributed by atoms with Crippen molar-refractivity contribution >= 4 is 41.2 Å². The summed E-state index contributed by atoms with van der Waals surface area (Å²) in [4.78, 5) is 0. The van der Waals surface area contributed by atoms with Gasteiger partial charge in [0.15, 0.2) is 0 Å². The molecule has 1 aliphatic heterocycles. The first kappa shape index (κ1) is 9.09. The van der Waals surface area contributed by atoms with Crippen molar-refractivity contribution in [3.05, 3.63) is 10.1 Å². The highest BCUT2D eigenvalue weighted by atomic mass is 35.5. The van der Waals surface area contributed by atoms with Gasteiger partial charge in [0, 0.05) is 11.8 Å². The second-order valence-electron chi connectivity index (χ2n) is 1.80. The molecule has 1 aliphatic rings. The molecular weight excluding hydrogens is 214 g/mol. The van der Waals surface area contributed by atoms with Gasteiger partial charge in [0.05, 0.1) is 11.2 Å². The Hall–Kier alpha value is -0.000000000000000111. The molecule has 1 rings (SSSR count). The van der Waals surface area contributed by atoms with Gasteiger partial charge in [-0.3, -0.25) is 0 Å². The summed E-state index contributed by atoms with van der Waals surface area (Å²) in [6, 6.07) is 0.